The molecule has 4 rings (SSSR count). The molecule has 2 aromatic rings. The number of rotatable bonds is 11. The standard InChI is InChI=1S/C27H38N4O3S/c1-3-12-29-14-16-30(17-15-29)13-7-11-28-26(32)24-21-8-4-5-9-22(21)27(33)31(18-19-34-2)25(24)23-10-6-20-35-23/h4-6,8-10,20,24-25H,3,7,11-19H2,1-2H3,(H,28,32). The maximum absolute atomic E-state index is 13.7. The number of benzene rings is 1. The van der Waals surface area contributed by atoms with E-state index in [-0.39, 0.29) is 17.9 Å². The molecule has 2 amide bonds. The van der Waals surface area contributed by atoms with Gasteiger partial charge in [0.2, 0.25) is 5.91 Å². The number of nitrogens with zero attached hydrogens (tertiary/aromatic N) is 3. The maximum atomic E-state index is 13.7. The highest BCUT2D eigenvalue weighted by atomic mass is 32.1. The highest BCUT2D eigenvalue weighted by Gasteiger charge is 2.44. The zero-order valence-electron chi connectivity index (χ0n) is 20.9. The molecule has 8 heteroatoms. The van der Waals surface area contributed by atoms with Gasteiger partial charge in [-0.1, -0.05) is 31.2 Å². The third-order valence-electron chi connectivity index (χ3n) is 7.05. The Hall–Kier alpha value is -2.26. The summed E-state index contributed by atoms with van der Waals surface area (Å²) in [6, 6.07) is 11.2. The minimum Gasteiger partial charge on any atom is -0.383 e. The van der Waals surface area contributed by atoms with Crippen molar-refractivity contribution in [1.82, 2.24) is 20.0 Å². The first-order valence-electron chi connectivity index (χ1n) is 12.8. The summed E-state index contributed by atoms with van der Waals surface area (Å²) in [5.74, 6) is -0.502. The maximum Gasteiger partial charge on any atom is 0.254 e. The van der Waals surface area contributed by atoms with Crippen LogP contribution >= 0.6 is 11.3 Å². The van der Waals surface area contributed by atoms with E-state index in [2.05, 4.69) is 22.0 Å². The SMILES string of the molecule is CCCN1CCN(CCCNC(=O)C2c3ccccc3C(=O)N(CCOC)C2c2cccs2)CC1. The lowest BCUT2D eigenvalue weighted by atomic mass is 9.81. The molecular weight excluding hydrogens is 460 g/mol. The molecule has 1 fully saturated rings. The van der Waals surface area contributed by atoms with Gasteiger partial charge in [0.15, 0.2) is 0 Å². The van der Waals surface area contributed by atoms with Crippen LogP contribution in [0.25, 0.3) is 0 Å². The van der Waals surface area contributed by atoms with Gasteiger partial charge in [-0.2, -0.15) is 0 Å². The number of methoxy groups -OCH3 is 1. The summed E-state index contributed by atoms with van der Waals surface area (Å²) in [5, 5.41) is 5.21. The van der Waals surface area contributed by atoms with E-state index in [1.807, 2.05) is 46.7 Å². The van der Waals surface area contributed by atoms with Crippen molar-refractivity contribution >= 4 is 23.2 Å². The summed E-state index contributed by atoms with van der Waals surface area (Å²) in [6.07, 6.45) is 2.13. The number of thiophene rings is 1. The van der Waals surface area contributed by atoms with Crippen molar-refractivity contribution in [3.8, 4) is 0 Å². The monoisotopic (exact) mass is 498 g/mol. The molecule has 1 saturated heterocycles. The third-order valence-corrected chi connectivity index (χ3v) is 7.99. The Morgan fingerprint density at radius 3 is 2.49 bits per heavy atom. The fourth-order valence-electron chi connectivity index (χ4n) is 5.26. The number of hydrogen-bond acceptors (Lipinski definition) is 6. The normalized spacial score (nSPS) is 21.2. The summed E-state index contributed by atoms with van der Waals surface area (Å²) in [7, 11) is 1.64. The van der Waals surface area contributed by atoms with Gasteiger partial charge in [-0.05, 0) is 49.0 Å². The number of hydrogen-bond donors (Lipinski definition) is 1. The van der Waals surface area contributed by atoms with Gasteiger partial charge < -0.3 is 24.8 Å². The second-order valence-electron chi connectivity index (χ2n) is 9.34. The summed E-state index contributed by atoms with van der Waals surface area (Å²) in [5.41, 5.74) is 1.43. The van der Waals surface area contributed by atoms with Gasteiger partial charge in [-0.3, -0.25) is 9.59 Å². The van der Waals surface area contributed by atoms with Crippen molar-refractivity contribution in [2.45, 2.75) is 31.7 Å². The van der Waals surface area contributed by atoms with Crippen molar-refractivity contribution < 1.29 is 14.3 Å². The minimum absolute atomic E-state index is 0.0152. The molecule has 0 bridgehead atoms. The van der Waals surface area contributed by atoms with Gasteiger partial charge in [-0.25, -0.2) is 0 Å². The summed E-state index contributed by atoms with van der Waals surface area (Å²) < 4.78 is 5.30. The van der Waals surface area contributed by atoms with Crippen LogP contribution in [0.5, 0.6) is 0 Å². The zero-order valence-corrected chi connectivity index (χ0v) is 21.8. The molecule has 190 valence electrons. The Morgan fingerprint density at radius 2 is 1.80 bits per heavy atom. The quantitative estimate of drug-likeness (QED) is 0.482. The van der Waals surface area contributed by atoms with Gasteiger partial charge >= 0.3 is 0 Å². The van der Waals surface area contributed by atoms with Gasteiger partial charge in [0.25, 0.3) is 5.91 Å². The first-order valence-corrected chi connectivity index (χ1v) is 13.7. The van der Waals surface area contributed by atoms with Gasteiger partial charge in [0.1, 0.15) is 0 Å². The molecule has 7 nitrogen and oxygen atoms in total. The molecule has 0 saturated carbocycles. The number of carbonyl (C=O) groups excluding carboxylic acids is 2. The molecule has 2 unspecified atom stereocenters. The molecule has 2 atom stereocenters. The molecule has 1 aromatic carbocycles. The number of carbonyl (C=O) groups is 2. The van der Waals surface area contributed by atoms with E-state index in [9.17, 15) is 9.59 Å². The van der Waals surface area contributed by atoms with E-state index in [0.29, 0.717) is 25.3 Å². The zero-order chi connectivity index (χ0) is 24.6. The van der Waals surface area contributed by atoms with Crippen LogP contribution in [0.4, 0.5) is 0 Å². The minimum atomic E-state index is -0.447. The molecule has 35 heavy (non-hydrogen) atoms. The molecule has 1 aromatic heterocycles. The van der Waals surface area contributed by atoms with Crippen LogP contribution in [0.1, 0.15) is 52.5 Å². The molecule has 2 aliphatic heterocycles. The Balaban J connectivity index is 1.44. The lowest BCUT2D eigenvalue weighted by molar-refractivity contribution is -0.124. The van der Waals surface area contributed by atoms with Crippen molar-refractivity contribution in [3.63, 3.8) is 0 Å². The first-order chi connectivity index (χ1) is 17.1. The fraction of sp³-hybridized carbons (Fsp3) is 0.556. The van der Waals surface area contributed by atoms with Gasteiger partial charge in [0, 0.05) is 56.8 Å². The number of ether oxygens (including phenoxy) is 1. The van der Waals surface area contributed by atoms with Crippen LogP contribution in [0, 0.1) is 0 Å². The van der Waals surface area contributed by atoms with Crippen LogP contribution in [0.15, 0.2) is 41.8 Å². The predicted molar refractivity (Wildman–Crippen MR) is 140 cm³/mol. The average Bonchev–Trinajstić information content (AvgIpc) is 3.41. The number of amides is 2. The number of piperazine rings is 1. The van der Waals surface area contributed by atoms with E-state index < -0.39 is 5.92 Å². The molecule has 0 radical (unpaired) electrons. The summed E-state index contributed by atoms with van der Waals surface area (Å²) in [6.45, 7) is 10.4. The van der Waals surface area contributed by atoms with Crippen LogP contribution in [-0.2, 0) is 9.53 Å². The third kappa shape index (κ3) is 6.12. The van der Waals surface area contributed by atoms with E-state index in [1.54, 1.807) is 18.4 Å². The summed E-state index contributed by atoms with van der Waals surface area (Å²) in [4.78, 5) is 35.0. The first kappa shape index (κ1) is 25.8. The molecule has 3 heterocycles. The van der Waals surface area contributed by atoms with Gasteiger partial charge in [0.05, 0.1) is 18.6 Å². The van der Waals surface area contributed by atoms with E-state index in [0.717, 1.165) is 49.6 Å². The van der Waals surface area contributed by atoms with Crippen molar-refractivity contribution in [2.24, 2.45) is 0 Å². The molecular formula is C27H38N4O3S. The largest absolute Gasteiger partial charge is 0.383 e. The predicted octanol–water partition coefficient (Wildman–Crippen LogP) is 3.21. The van der Waals surface area contributed by atoms with Gasteiger partial charge in [-0.15, -0.1) is 11.3 Å². The van der Waals surface area contributed by atoms with E-state index in [1.165, 1.54) is 13.0 Å². The van der Waals surface area contributed by atoms with Crippen molar-refractivity contribution in [2.75, 3.05) is 66.1 Å². The molecule has 0 spiro atoms. The fourth-order valence-corrected chi connectivity index (χ4v) is 6.14. The lowest BCUT2D eigenvalue weighted by Crippen LogP contribution is -2.49. The highest BCUT2D eigenvalue weighted by Crippen LogP contribution is 2.44. The molecule has 0 aliphatic carbocycles. The Morgan fingerprint density at radius 1 is 1.06 bits per heavy atom. The smallest absolute Gasteiger partial charge is 0.254 e. The number of nitrogens with one attached hydrogen (secondary N) is 1. The van der Waals surface area contributed by atoms with Crippen molar-refractivity contribution in [1.29, 1.82) is 0 Å². The van der Waals surface area contributed by atoms with E-state index >= 15 is 0 Å². The Bertz CT molecular complexity index is 959. The second-order valence-corrected chi connectivity index (χ2v) is 10.3. The van der Waals surface area contributed by atoms with Crippen LogP contribution in [-0.4, -0.2) is 92.6 Å². The molecule has 2 aliphatic rings. The van der Waals surface area contributed by atoms with Crippen LogP contribution in [0.2, 0.25) is 0 Å². The highest BCUT2D eigenvalue weighted by molar-refractivity contribution is 7.10. The lowest BCUT2D eigenvalue weighted by Gasteiger charge is -2.41. The molecule has 1 N–H and O–H groups in total. The van der Waals surface area contributed by atoms with Crippen LogP contribution < -0.4 is 5.32 Å². The van der Waals surface area contributed by atoms with E-state index in [4.69, 9.17) is 4.74 Å². The Labute approximate surface area is 213 Å². The van der Waals surface area contributed by atoms with Crippen molar-refractivity contribution in [3.05, 3.63) is 57.8 Å². The average molecular weight is 499 g/mol. The number of fused-ring (bicyclic) bond motifs is 1. The second kappa shape index (κ2) is 12.6. The van der Waals surface area contributed by atoms with Crippen LogP contribution in [0.3, 0.4) is 0 Å². The summed E-state index contributed by atoms with van der Waals surface area (Å²) >= 11 is 1.59. The topological polar surface area (TPSA) is 65.1 Å². The Kier molecular flexibility index (Phi) is 9.31.